The van der Waals surface area contributed by atoms with Gasteiger partial charge >= 0.3 is 11.9 Å². The van der Waals surface area contributed by atoms with Crippen molar-refractivity contribution < 1.29 is 34.4 Å². The van der Waals surface area contributed by atoms with Gasteiger partial charge in [-0.1, -0.05) is 18.2 Å². The highest BCUT2D eigenvalue weighted by atomic mass is 16.5. The van der Waals surface area contributed by atoms with Crippen LogP contribution in [0.2, 0.25) is 0 Å². The summed E-state index contributed by atoms with van der Waals surface area (Å²) in [6, 6.07) is 17.1. The smallest absolute Gasteiger partial charge is 0.338 e. The number of methoxy groups -OCH3 is 1. The van der Waals surface area contributed by atoms with E-state index in [0.29, 0.717) is 27.8 Å². The number of hydrogen-bond acceptors (Lipinski definition) is 7. The molecule has 1 atom stereocenters. The van der Waals surface area contributed by atoms with E-state index in [4.69, 9.17) is 14.6 Å². The zero-order chi connectivity index (χ0) is 24.2. The number of phenolic OH excluding ortho intramolecular Hbond substituents is 1. The molecule has 0 saturated heterocycles. The first-order valence-electron chi connectivity index (χ1n) is 10.3. The Morgan fingerprint density at radius 3 is 2.38 bits per heavy atom. The standard InChI is InChI=1S/C26H21NO7/c1-33-23-10-15(8-9-27-23)14-34-26(32)19-7-6-18-13-22(28)21(12-20(18)11-19)24(29)16-2-4-17(5-3-16)25(30)31/h2-13,24,28-29H,14H2,1H3,(H,30,31). The van der Waals surface area contributed by atoms with Gasteiger partial charge in [-0.2, -0.15) is 0 Å². The van der Waals surface area contributed by atoms with E-state index in [1.54, 1.807) is 42.6 Å². The SMILES string of the molecule is COc1cc(COC(=O)c2ccc3cc(O)c(C(O)c4ccc(C(=O)O)cc4)cc3c2)ccn1. The van der Waals surface area contributed by atoms with Crippen LogP contribution in [0.4, 0.5) is 0 Å². The molecule has 8 heteroatoms. The van der Waals surface area contributed by atoms with E-state index in [1.807, 2.05) is 0 Å². The minimum atomic E-state index is -1.19. The molecule has 3 N–H and O–H groups in total. The van der Waals surface area contributed by atoms with E-state index in [-0.39, 0.29) is 23.5 Å². The van der Waals surface area contributed by atoms with Crippen molar-refractivity contribution in [3.8, 4) is 11.6 Å². The lowest BCUT2D eigenvalue weighted by Crippen LogP contribution is -2.06. The zero-order valence-corrected chi connectivity index (χ0v) is 18.1. The van der Waals surface area contributed by atoms with Crippen LogP contribution < -0.4 is 4.74 Å². The fourth-order valence-electron chi connectivity index (χ4n) is 3.52. The number of carboxylic acid groups (broad SMARTS) is 1. The van der Waals surface area contributed by atoms with Crippen LogP contribution in [0.3, 0.4) is 0 Å². The number of aromatic nitrogens is 1. The zero-order valence-electron chi connectivity index (χ0n) is 18.1. The fourth-order valence-corrected chi connectivity index (χ4v) is 3.52. The van der Waals surface area contributed by atoms with E-state index in [9.17, 15) is 19.8 Å². The van der Waals surface area contributed by atoms with Gasteiger partial charge in [-0.05, 0) is 64.4 Å². The highest BCUT2D eigenvalue weighted by Gasteiger charge is 2.17. The number of fused-ring (bicyclic) bond motifs is 1. The number of aromatic hydroxyl groups is 1. The van der Waals surface area contributed by atoms with Crippen LogP contribution >= 0.6 is 0 Å². The number of rotatable bonds is 7. The lowest BCUT2D eigenvalue weighted by atomic mass is 9.96. The molecule has 172 valence electrons. The minimum absolute atomic E-state index is 0.0433. The second-order valence-corrected chi connectivity index (χ2v) is 7.59. The van der Waals surface area contributed by atoms with E-state index in [0.717, 1.165) is 5.56 Å². The van der Waals surface area contributed by atoms with E-state index in [2.05, 4.69) is 4.98 Å². The maximum Gasteiger partial charge on any atom is 0.338 e. The van der Waals surface area contributed by atoms with Crippen LogP contribution in [0.15, 0.2) is 72.9 Å². The predicted octanol–water partition coefficient (Wildman–Crippen LogP) is 4.09. The van der Waals surface area contributed by atoms with Gasteiger partial charge in [0.15, 0.2) is 0 Å². The third-order valence-corrected chi connectivity index (χ3v) is 5.37. The van der Waals surface area contributed by atoms with E-state index >= 15 is 0 Å². The number of ether oxygens (including phenoxy) is 2. The third kappa shape index (κ3) is 4.82. The first kappa shape index (κ1) is 22.8. The summed E-state index contributed by atoms with van der Waals surface area (Å²) in [7, 11) is 1.50. The largest absolute Gasteiger partial charge is 0.508 e. The molecule has 0 aliphatic carbocycles. The summed E-state index contributed by atoms with van der Waals surface area (Å²) >= 11 is 0. The maximum absolute atomic E-state index is 12.6. The number of carbonyl (C=O) groups excluding carboxylic acids is 1. The molecular formula is C26H21NO7. The number of benzene rings is 3. The van der Waals surface area contributed by atoms with Gasteiger partial charge in [0, 0.05) is 17.8 Å². The first-order chi connectivity index (χ1) is 16.4. The van der Waals surface area contributed by atoms with Crippen molar-refractivity contribution >= 4 is 22.7 Å². The normalized spacial score (nSPS) is 11.7. The Kier molecular flexibility index (Phi) is 6.42. The Labute approximate surface area is 194 Å². The van der Waals surface area contributed by atoms with Crippen molar-refractivity contribution in [2.24, 2.45) is 0 Å². The summed E-state index contributed by atoms with van der Waals surface area (Å²) in [6.45, 7) is 0.0433. The van der Waals surface area contributed by atoms with Crippen LogP contribution in [0, 0.1) is 0 Å². The molecule has 8 nitrogen and oxygen atoms in total. The van der Waals surface area contributed by atoms with Gasteiger partial charge in [0.25, 0.3) is 0 Å². The Balaban J connectivity index is 1.57. The summed E-state index contributed by atoms with van der Waals surface area (Å²) in [5.41, 5.74) is 1.77. The van der Waals surface area contributed by atoms with Crippen LogP contribution in [-0.2, 0) is 11.3 Å². The van der Waals surface area contributed by atoms with Gasteiger partial charge in [-0.25, -0.2) is 14.6 Å². The predicted molar refractivity (Wildman–Crippen MR) is 123 cm³/mol. The Morgan fingerprint density at radius 1 is 0.941 bits per heavy atom. The Hall–Kier alpha value is -4.43. The molecule has 1 heterocycles. The summed E-state index contributed by atoms with van der Waals surface area (Å²) < 4.78 is 10.5. The third-order valence-electron chi connectivity index (χ3n) is 5.37. The van der Waals surface area contributed by atoms with Gasteiger partial charge in [-0.3, -0.25) is 0 Å². The molecule has 1 aromatic heterocycles. The van der Waals surface area contributed by atoms with Crippen molar-refractivity contribution in [1.82, 2.24) is 4.98 Å². The van der Waals surface area contributed by atoms with E-state index < -0.39 is 18.0 Å². The van der Waals surface area contributed by atoms with Crippen molar-refractivity contribution in [3.63, 3.8) is 0 Å². The monoisotopic (exact) mass is 459 g/mol. The molecular weight excluding hydrogens is 438 g/mol. The minimum Gasteiger partial charge on any atom is -0.508 e. The molecule has 0 aliphatic rings. The van der Waals surface area contributed by atoms with Crippen LogP contribution in [0.5, 0.6) is 11.6 Å². The summed E-state index contributed by atoms with van der Waals surface area (Å²) in [4.78, 5) is 27.7. The number of pyridine rings is 1. The van der Waals surface area contributed by atoms with Gasteiger partial charge in [0.1, 0.15) is 18.5 Å². The Morgan fingerprint density at radius 2 is 1.68 bits per heavy atom. The van der Waals surface area contributed by atoms with Crippen molar-refractivity contribution in [2.75, 3.05) is 7.11 Å². The van der Waals surface area contributed by atoms with Gasteiger partial charge in [0.05, 0.1) is 18.2 Å². The molecule has 0 amide bonds. The van der Waals surface area contributed by atoms with Crippen molar-refractivity contribution in [3.05, 3.63) is 101 Å². The number of nitrogens with zero attached hydrogens (tertiary/aromatic N) is 1. The average Bonchev–Trinajstić information content (AvgIpc) is 2.86. The second-order valence-electron chi connectivity index (χ2n) is 7.59. The molecule has 0 fully saturated rings. The van der Waals surface area contributed by atoms with Gasteiger partial charge in [-0.15, -0.1) is 0 Å². The molecule has 0 spiro atoms. The summed E-state index contributed by atoms with van der Waals surface area (Å²) in [5, 5.41) is 31.6. The van der Waals surface area contributed by atoms with Crippen molar-refractivity contribution in [2.45, 2.75) is 12.7 Å². The summed E-state index contributed by atoms with van der Waals surface area (Å²) in [6.07, 6.45) is 0.372. The number of phenols is 1. The maximum atomic E-state index is 12.6. The number of aliphatic hydroxyl groups is 1. The molecule has 4 rings (SSSR count). The number of aliphatic hydroxyl groups excluding tert-OH is 1. The lowest BCUT2D eigenvalue weighted by molar-refractivity contribution is 0.0472. The lowest BCUT2D eigenvalue weighted by Gasteiger charge is -2.15. The highest BCUT2D eigenvalue weighted by molar-refractivity contribution is 5.96. The van der Waals surface area contributed by atoms with Crippen LogP contribution in [0.1, 0.15) is 43.5 Å². The van der Waals surface area contributed by atoms with E-state index in [1.165, 1.54) is 37.4 Å². The second kappa shape index (κ2) is 9.60. The van der Waals surface area contributed by atoms with Gasteiger partial charge in [0.2, 0.25) is 5.88 Å². The molecule has 0 bridgehead atoms. The van der Waals surface area contributed by atoms with Crippen molar-refractivity contribution in [1.29, 1.82) is 0 Å². The number of carboxylic acids is 1. The first-order valence-corrected chi connectivity index (χ1v) is 10.3. The molecule has 1 unspecified atom stereocenters. The molecule has 0 aliphatic heterocycles. The number of carbonyl (C=O) groups is 2. The van der Waals surface area contributed by atoms with Crippen LogP contribution in [0.25, 0.3) is 10.8 Å². The number of aromatic carboxylic acids is 1. The average molecular weight is 459 g/mol. The fraction of sp³-hybridized carbons (Fsp3) is 0.115. The van der Waals surface area contributed by atoms with Gasteiger partial charge < -0.3 is 24.8 Å². The number of hydrogen-bond donors (Lipinski definition) is 3. The van der Waals surface area contributed by atoms with Crippen LogP contribution in [-0.4, -0.2) is 39.4 Å². The molecule has 4 aromatic rings. The highest BCUT2D eigenvalue weighted by Crippen LogP contribution is 2.33. The molecule has 3 aromatic carbocycles. The number of esters is 1. The molecule has 34 heavy (non-hydrogen) atoms. The topological polar surface area (TPSA) is 126 Å². The quantitative estimate of drug-likeness (QED) is 0.353. The molecule has 0 saturated carbocycles. The Bertz CT molecular complexity index is 1370. The molecule has 0 radical (unpaired) electrons. The summed E-state index contributed by atoms with van der Waals surface area (Å²) in [5.74, 6) is -1.30.